The number of hydrogen-bond acceptors (Lipinski definition) is 3. The van der Waals surface area contributed by atoms with E-state index in [1.54, 1.807) is 6.92 Å². The Morgan fingerprint density at radius 1 is 1.54 bits per heavy atom. The van der Waals surface area contributed by atoms with Crippen LogP contribution in [0.1, 0.15) is 28.9 Å². The standard InChI is InChI=1S/C8H11ClO2S2/c1-3-7-4-5-8(12-7)6(2)13(9,10)11/h4-6H,3H2,1-2H3. The van der Waals surface area contributed by atoms with E-state index >= 15 is 0 Å². The van der Waals surface area contributed by atoms with E-state index in [9.17, 15) is 8.42 Å². The Balaban J connectivity index is 2.96. The molecule has 1 atom stereocenters. The second-order valence-corrected chi connectivity index (χ2v) is 6.92. The molecule has 2 nitrogen and oxygen atoms in total. The molecule has 0 amide bonds. The van der Waals surface area contributed by atoms with Crippen LogP contribution in [-0.2, 0) is 15.5 Å². The van der Waals surface area contributed by atoms with Crippen molar-refractivity contribution in [3.05, 3.63) is 21.9 Å². The molecule has 0 aliphatic heterocycles. The molecule has 0 bridgehead atoms. The molecule has 1 aromatic rings. The zero-order valence-electron chi connectivity index (χ0n) is 7.45. The van der Waals surface area contributed by atoms with Crippen LogP contribution >= 0.6 is 22.0 Å². The lowest BCUT2D eigenvalue weighted by atomic mass is 10.3. The van der Waals surface area contributed by atoms with Crippen LogP contribution in [-0.4, -0.2) is 8.42 Å². The second kappa shape index (κ2) is 3.98. The zero-order chi connectivity index (χ0) is 10.1. The highest BCUT2D eigenvalue weighted by atomic mass is 35.7. The number of rotatable bonds is 3. The first-order valence-electron chi connectivity index (χ1n) is 3.97. The van der Waals surface area contributed by atoms with E-state index in [-0.39, 0.29) is 0 Å². The number of thiophene rings is 1. The summed E-state index contributed by atoms with van der Waals surface area (Å²) >= 11 is 1.50. The summed E-state index contributed by atoms with van der Waals surface area (Å²) in [6, 6.07) is 3.77. The molecule has 0 spiro atoms. The monoisotopic (exact) mass is 238 g/mol. The second-order valence-electron chi connectivity index (χ2n) is 2.78. The van der Waals surface area contributed by atoms with Gasteiger partial charge in [0, 0.05) is 20.4 Å². The average Bonchev–Trinajstić information content (AvgIpc) is 2.48. The zero-order valence-corrected chi connectivity index (χ0v) is 9.84. The van der Waals surface area contributed by atoms with Gasteiger partial charge in [-0.2, -0.15) is 0 Å². The molecule has 5 heteroatoms. The van der Waals surface area contributed by atoms with Crippen molar-refractivity contribution in [3.8, 4) is 0 Å². The maximum absolute atomic E-state index is 11.0. The first-order chi connectivity index (χ1) is 5.95. The quantitative estimate of drug-likeness (QED) is 0.759. The molecule has 0 N–H and O–H groups in total. The molecular weight excluding hydrogens is 228 g/mol. The van der Waals surface area contributed by atoms with Crippen LogP contribution in [0, 0.1) is 0 Å². The van der Waals surface area contributed by atoms with Crippen LogP contribution in [0.15, 0.2) is 12.1 Å². The lowest BCUT2D eigenvalue weighted by Gasteiger charge is -2.02. The van der Waals surface area contributed by atoms with Crippen molar-refractivity contribution in [1.82, 2.24) is 0 Å². The highest BCUT2D eigenvalue weighted by molar-refractivity contribution is 8.14. The highest BCUT2D eigenvalue weighted by Gasteiger charge is 2.20. The van der Waals surface area contributed by atoms with Gasteiger partial charge < -0.3 is 0 Å². The molecule has 1 unspecified atom stereocenters. The smallest absolute Gasteiger partial charge is 0.212 e. The Bertz CT molecular complexity index is 381. The van der Waals surface area contributed by atoms with E-state index in [2.05, 4.69) is 0 Å². The third-order valence-electron chi connectivity index (χ3n) is 1.85. The topological polar surface area (TPSA) is 34.1 Å². The van der Waals surface area contributed by atoms with Gasteiger partial charge in [0.1, 0.15) is 5.25 Å². The molecule has 74 valence electrons. The molecule has 0 aliphatic rings. The van der Waals surface area contributed by atoms with Crippen LogP contribution in [0.5, 0.6) is 0 Å². The molecule has 0 fully saturated rings. The summed E-state index contributed by atoms with van der Waals surface area (Å²) in [6.45, 7) is 3.64. The summed E-state index contributed by atoms with van der Waals surface area (Å²) in [7, 11) is 1.78. The fourth-order valence-electron chi connectivity index (χ4n) is 0.942. The molecule has 1 heterocycles. The minimum absolute atomic E-state index is 0.598. The van der Waals surface area contributed by atoms with Crippen molar-refractivity contribution < 1.29 is 8.42 Å². The molecule has 0 saturated carbocycles. The van der Waals surface area contributed by atoms with Gasteiger partial charge in [-0.3, -0.25) is 0 Å². The van der Waals surface area contributed by atoms with E-state index in [0.29, 0.717) is 0 Å². The van der Waals surface area contributed by atoms with Gasteiger partial charge in [0.05, 0.1) is 0 Å². The Morgan fingerprint density at radius 3 is 2.54 bits per heavy atom. The minimum Gasteiger partial charge on any atom is -0.212 e. The lowest BCUT2D eigenvalue weighted by molar-refractivity contribution is 0.601. The van der Waals surface area contributed by atoms with Gasteiger partial charge in [0.15, 0.2) is 0 Å². The summed E-state index contributed by atoms with van der Waals surface area (Å²) in [5.41, 5.74) is 0. The maximum atomic E-state index is 11.0. The average molecular weight is 239 g/mol. The Labute approximate surface area is 87.0 Å². The van der Waals surface area contributed by atoms with Crippen molar-refractivity contribution in [2.45, 2.75) is 25.5 Å². The van der Waals surface area contributed by atoms with E-state index < -0.39 is 14.3 Å². The Morgan fingerprint density at radius 2 is 2.15 bits per heavy atom. The van der Waals surface area contributed by atoms with Gasteiger partial charge >= 0.3 is 0 Å². The van der Waals surface area contributed by atoms with Crippen LogP contribution < -0.4 is 0 Å². The number of aryl methyl sites for hydroxylation is 1. The highest BCUT2D eigenvalue weighted by Crippen LogP contribution is 2.30. The molecule has 0 radical (unpaired) electrons. The molecule has 0 aliphatic carbocycles. The SMILES string of the molecule is CCc1ccc(C(C)S(=O)(=O)Cl)s1. The summed E-state index contributed by atoms with van der Waals surface area (Å²) in [6.07, 6.45) is 0.930. The van der Waals surface area contributed by atoms with E-state index in [0.717, 1.165) is 11.3 Å². The van der Waals surface area contributed by atoms with Gasteiger partial charge in [0.2, 0.25) is 9.05 Å². The molecule has 0 aromatic carbocycles. The van der Waals surface area contributed by atoms with Gasteiger partial charge in [0.25, 0.3) is 0 Å². The van der Waals surface area contributed by atoms with Crippen LogP contribution in [0.3, 0.4) is 0 Å². The number of hydrogen-bond donors (Lipinski definition) is 0. The fourth-order valence-corrected chi connectivity index (χ4v) is 3.15. The van der Waals surface area contributed by atoms with Crippen LogP contribution in [0.25, 0.3) is 0 Å². The number of halogens is 1. The van der Waals surface area contributed by atoms with Gasteiger partial charge in [-0.15, -0.1) is 11.3 Å². The Hall–Kier alpha value is -0.0600. The summed E-state index contributed by atoms with van der Waals surface area (Å²) < 4.78 is 22.0. The van der Waals surface area contributed by atoms with Crippen molar-refractivity contribution in [2.75, 3.05) is 0 Å². The van der Waals surface area contributed by atoms with E-state index in [1.807, 2.05) is 19.1 Å². The van der Waals surface area contributed by atoms with E-state index in [1.165, 1.54) is 16.2 Å². The first-order valence-corrected chi connectivity index (χ1v) is 7.16. The largest absolute Gasteiger partial charge is 0.240 e. The molecule has 1 rings (SSSR count). The molecule has 1 aromatic heterocycles. The predicted molar refractivity (Wildman–Crippen MR) is 56.9 cm³/mol. The van der Waals surface area contributed by atoms with Crippen molar-refractivity contribution in [2.24, 2.45) is 0 Å². The van der Waals surface area contributed by atoms with Crippen LogP contribution in [0.4, 0.5) is 0 Å². The maximum Gasteiger partial charge on any atom is 0.240 e. The molecular formula is C8H11ClO2S2. The summed E-state index contributed by atoms with van der Waals surface area (Å²) in [4.78, 5) is 1.99. The molecule has 13 heavy (non-hydrogen) atoms. The third-order valence-corrected chi connectivity index (χ3v) is 5.32. The van der Waals surface area contributed by atoms with Crippen molar-refractivity contribution >= 4 is 31.1 Å². The lowest BCUT2D eigenvalue weighted by Crippen LogP contribution is -1.99. The summed E-state index contributed by atoms with van der Waals surface area (Å²) in [5.74, 6) is 0. The van der Waals surface area contributed by atoms with Crippen molar-refractivity contribution in [3.63, 3.8) is 0 Å². The third kappa shape index (κ3) is 2.69. The Kier molecular flexibility index (Phi) is 3.38. The van der Waals surface area contributed by atoms with Gasteiger partial charge in [-0.1, -0.05) is 6.92 Å². The van der Waals surface area contributed by atoms with E-state index in [4.69, 9.17) is 10.7 Å². The summed E-state index contributed by atoms with van der Waals surface area (Å²) in [5, 5.41) is -0.598. The van der Waals surface area contributed by atoms with Crippen molar-refractivity contribution in [1.29, 1.82) is 0 Å². The van der Waals surface area contributed by atoms with Gasteiger partial charge in [-0.05, 0) is 25.5 Å². The van der Waals surface area contributed by atoms with Crippen LogP contribution in [0.2, 0.25) is 0 Å². The predicted octanol–water partition coefficient (Wildman–Crippen LogP) is 2.94. The first kappa shape index (κ1) is 11.0. The minimum atomic E-state index is -3.47. The normalized spacial score (nSPS) is 14.4. The molecule has 0 saturated heterocycles. The fraction of sp³-hybridized carbons (Fsp3) is 0.500. The van der Waals surface area contributed by atoms with Gasteiger partial charge in [-0.25, -0.2) is 8.42 Å².